The first-order valence-corrected chi connectivity index (χ1v) is 8.69. The Labute approximate surface area is 135 Å². The predicted octanol–water partition coefficient (Wildman–Crippen LogP) is 4.93. The molecular formula is C14H16Br2ClNO. The average molecular weight is 410 g/mol. The fourth-order valence-corrected chi connectivity index (χ4v) is 3.80. The number of carbonyl (C=O) groups is 1. The van der Waals surface area contributed by atoms with Crippen molar-refractivity contribution in [3.05, 3.63) is 33.3 Å². The van der Waals surface area contributed by atoms with Gasteiger partial charge in [-0.3, -0.25) is 4.79 Å². The van der Waals surface area contributed by atoms with Crippen molar-refractivity contribution >= 4 is 49.4 Å². The highest BCUT2D eigenvalue weighted by Crippen LogP contribution is 2.31. The maximum absolute atomic E-state index is 12.4. The highest BCUT2D eigenvalue weighted by atomic mass is 79.9. The summed E-state index contributed by atoms with van der Waals surface area (Å²) in [4.78, 5) is 12.4. The van der Waals surface area contributed by atoms with E-state index in [1.54, 1.807) is 18.2 Å². The van der Waals surface area contributed by atoms with E-state index in [0.717, 1.165) is 22.6 Å². The van der Waals surface area contributed by atoms with E-state index < -0.39 is 0 Å². The third-order valence-corrected chi connectivity index (χ3v) is 5.62. The Kier molecular flexibility index (Phi) is 5.32. The molecular weight excluding hydrogens is 393 g/mol. The second kappa shape index (κ2) is 6.59. The number of halogens is 3. The molecule has 1 aromatic carbocycles. The van der Waals surface area contributed by atoms with Gasteiger partial charge in [0.2, 0.25) is 0 Å². The lowest BCUT2D eigenvalue weighted by molar-refractivity contribution is 0.0885. The van der Waals surface area contributed by atoms with Crippen molar-refractivity contribution in [1.29, 1.82) is 0 Å². The highest BCUT2D eigenvalue weighted by Gasteiger charge is 2.33. The highest BCUT2D eigenvalue weighted by molar-refractivity contribution is 9.10. The van der Waals surface area contributed by atoms with E-state index in [1.165, 1.54) is 19.3 Å². The van der Waals surface area contributed by atoms with E-state index in [2.05, 4.69) is 37.2 Å². The predicted molar refractivity (Wildman–Crippen MR) is 86.2 cm³/mol. The first-order chi connectivity index (χ1) is 9.06. The lowest BCUT2D eigenvalue weighted by Crippen LogP contribution is -2.51. The summed E-state index contributed by atoms with van der Waals surface area (Å²) in [6.45, 7) is 0. The van der Waals surface area contributed by atoms with E-state index in [-0.39, 0.29) is 11.4 Å². The third kappa shape index (κ3) is 3.73. The van der Waals surface area contributed by atoms with Gasteiger partial charge in [-0.1, -0.05) is 46.8 Å². The van der Waals surface area contributed by atoms with Crippen molar-refractivity contribution in [3.63, 3.8) is 0 Å². The summed E-state index contributed by atoms with van der Waals surface area (Å²) in [5.41, 5.74) is 0.482. The summed E-state index contributed by atoms with van der Waals surface area (Å²) in [5.74, 6) is -0.0595. The van der Waals surface area contributed by atoms with Crippen LogP contribution in [0.25, 0.3) is 0 Å². The van der Waals surface area contributed by atoms with Crippen LogP contribution >= 0.6 is 43.5 Å². The minimum Gasteiger partial charge on any atom is -0.346 e. The van der Waals surface area contributed by atoms with Gasteiger partial charge in [0.15, 0.2) is 0 Å². The van der Waals surface area contributed by atoms with Crippen LogP contribution in [-0.2, 0) is 0 Å². The summed E-state index contributed by atoms with van der Waals surface area (Å²) in [5, 5.41) is 4.56. The summed E-state index contributed by atoms with van der Waals surface area (Å²) >= 11 is 12.9. The molecule has 5 heteroatoms. The Morgan fingerprint density at radius 3 is 2.63 bits per heavy atom. The maximum Gasteiger partial charge on any atom is 0.252 e. The van der Waals surface area contributed by atoms with Gasteiger partial charge >= 0.3 is 0 Å². The largest absolute Gasteiger partial charge is 0.346 e. The van der Waals surface area contributed by atoms with Gasteiger partial charge in [0.05, 0.1) is 11.1 Å². The number of hydrogen-bond acceptors (Lipinski definition) is 1. The molecule has 1 aliphatic carbocycles. The van der Waals surface area contributed by atoms with Gasteiger partial charge in [-0.15, -0.1) is 0 Å². The zero-order valence-corrected chi connectivity index (χ0v) is 14.4. The molecule has 0 aliphatic heterocycles. The van der Waals surface area contributed by atoms with Gasteiger partial charge in [0.25, 0.3) is 5.91 Å². The lowest BCUT2D eigenvalue weighted by atomic mass is 9.83. The molecule has 1 aliphatic rings. The van der Waals surface area contributed by atoms with Crippen LogP contribution < -0.4 is 5.32 Å². The molecule has 1 aromatic rings. The van der Waals surface area contributed by atoms with Gasteiger partial charge in [0, 0.05) is 14.8 Å². The monoisotopic (exact) mass is 407 g/mol. The summed E-state index contributed by atoms with van der Waals surface area (Å²) < 4.78 is 0.773. The molecule has 0 spiro atoms. The standard InChI is InChI=1S/C14H16Br2ClNO/c15-9-14(6-2-1-3-7-14)18-13(19)11-8-10(17)4-5-12(11)16/h4-5,8H,1-3,6-7,9H2,(H,18,19). The van der Waals surface area contributed by atoms with E-state index >= 15 is 0 Å². The van der Waals surface area contributed by atoms with Crippen molar-refractivity contribution in [3.8, 4) is 0 Å². The Balaban J connectivity index is 2.17. The molecule has 0 atom stereocenters. The molecule has 0 radical (unpaired) electrons. The number of amides is 1. The van der Waals surface area contributed by atoms with Crippen molar-refractivity contribution < 1.29 is 4.79 Å². The summed E-state index contributed by atoms with van der Waals surface area (Å²) in [6, 6.07) is 5.27. The van der Waals surface area contributed by atoms with Crippen LogP contribution in [0.15, 0.2) is 22.7 Å². The third-order valence-electron chi connectivity index (χ3n) is 3.62. The van der Waals surface area contributed by atoms with Crippen LogP contribution in [-0.4, -0.2) is 16.8 Å². The van der Waals surface area contributed by atoms with Crippen LogP contribution in [0.4, 0.5) is 0 Å². The molecule has 1 fully saturated rings. The Morgan fingerprint density at radius 2 is 2.00 bits per heavy atom. The van der Waals surface area contributed by atoms with E-state index in [0.29, 0.717) is 10.6 Å². The minimum absolute atomic E-state index is 0.0595. The number of carbonyl (C=O) groups excluding carboxylic acids is 1. The van der Waals surface area contributed by atoms with Crippen LogP contribution in [0.1, 0.15) is 42.5 Å². The van der Waals surface area contributed by atoms with E-state index in [9.17, 15) is 4.79 Å². The van der Waals surface area contributed by atoms with Crippen molar-refractivity contribution in [2.24, 2.45) is 0 Å². The Morgan fingerprint density at radius 1 is 1.32 bits per heavy atom. The van der Waals surface area contributed by atoms with Gasteiger partial charge < -0.3 is 5.32 Å². The summed E-state index contributed by atoms with van der Waals surface area (Å²) in [7, 11) is 0. The van der Waals surface area contributed by atoms with Crippen molar-refractivity contribution in [1.82, 2.24) is 5.32 Å². The van der Waals surface area contributed by atoms with Crippen molar-refractivity contribution in [2.45, 2.75) is 37.6 Å². The van der Waals surface area contributed by atoms with Gasteiger partial charge in [-0.05, 0) is 47.0 Å². The molecule has 19 heavy (non-hydrogen) atoms. The van der Waals surface area contributed by atoms with Crippen LogP contribution in [0, 0.1) is 0 Å². The number of rotatable bonds is 3. The molecule has 0 bridgehead atoms. The van der Waals surface area contributed by atoms with Gasteiger partial charge in [0.1, 0.15) is 0 Å². The number of hydrogen-bond donors (Lipinski definition) is 1. The number of benzene rings is 1. The Hall–Kier alpha value is -0.0600. The molecule has 1 amide bonds. The smallest absolute Gasteiger partial charge is 0.252 e. The zero-order chi connectivity index (χ0) is 13.9. The van der Waals surface area contributed by atoms with Crippen LogP contribution in [0.2, 0.25) is 5.02 Å². The molecule has 104 valence electrons. The first kappa shape index (κ1) is 15.3. The molecule has 2 rings (SSSR count). The number of nitrogens with one attached hydrogen (secondary N) is 1. The maximum atomic E-state index is 12.4. The fraction of sp³-hybridized carbons (Fsp3) is 0.500. The average Bonchev–Trinajstić information content (AvgIpc) is 2.42. The van der Waals surface area contributed by atoms with Gasteiger partial charge in [-0.25, -0.2) is 0 Å². The molecule has 2 nitrogen and oxygen atoms in total. The molecule has 1 saturated carbocycles. The fourth-order valence-electron chi connectivity index (χ4n) is 2.50. The normalized spacial score (nSPS) is 18.1. The first-order valence-electron chi connectivity index (χ1n) is 6.40. The molecule has 0 saturated heterocycles. The van der Waals surface area contributed by atoms with Crippen molar-refractivity contribution in [2.75, 3.05) is 5.33 Å². The minimum atomic E-state index is -0.114. The quantitative estimate of drug-likeness (QED) is 0.705. The molecule has 1 N–H and O–H groups in total. The SMILES string of the molecule is O=C(NC1(CBr)CCCCC1)c1cc(Cl)ccc1Br. The second-order valence-electron chi connectivity index (χ2n) is 5.05. The van der Waals surface area contributed by atoms with E-state index in [4.69, 9.17) is 11.6 Å². The molecule has 0 aromatic heterocycles. The summed E-state index contributed by atoms with van der Waals surface area (Å²) in [6.07, 6.45) is 5.65. The second-order valence-corrected chi connectivity index (χ2v) is 6.90. The topological polar surface area (TPSA) is 29.1 Å². The molecule has 0 heterocycles. The molecule has 0 unspecified atom stereocenters. The number of alkyl halides is 1. The zero-order valence-electron chi connectivity index (χ0n) is 10.5. The lowest BCUT2D eigenvalue weighted by Gasteiger charge is -2.36. The van der Waals surface area contributed by atoms with E-state index in [1.807, 2.05) is 0 Å². The van der Waals surface area contributed by atoms with Crippen LogP contribution in [0.3, 0.4) is 0 Å². The van der Waals surface area contributed by atoms with Crippen LogP contribution in [0.5, 0.6) is 0 Å². The Bertz CT molecular complexity index is 473. The van der Waals surface area contributed by atoms with Gasteiger partial charge in [-0.2, -0.15) is 0 Å².